The van der Waals surface area contributed by atoms with Crippen molar-refractivity contribution in [2.45, 2.75) is 37.1 Å². The first kappa shape index (κ1) is 21.6. The summed E-state index contributed by atoms with van der Waals surface area (Å²) in [7, 11) is -2.62. The number of likely N-dealkylation sites (tertiary alicyclic amines) is 1. The number of fused-ring (bicyclic) bond motifs is 1. The van der Waals surface area contributed by atoms with E-state index in [1.54, 1.807) is 24.3 Å². The number of imide groups is 1. The smallest absolute Gasteiger partial charge is 0.265 e. The van der Waals surface area contributed by atoms with Crippen molar-refractivity contribution in [1.29, 1.82) is 0 Å². The molecule has 2 atom stereocenters. The first-order valence-electron chi connectivity index (χ1n) is 10.1. The number of sulfonamides is 1. The molecule has 2 amide bonds. The summed E-state index contributed by atoms with van der Waals surface area (Å²) >= 11 is 5.95. The zero-order valence-corrected chi connectivity index (χ0v) is 18.6. The summed E-state index contributed by atoms with van der Waals surface area (Å²) in [6.07, 6.45) is 3.37. The van der Waals surface area contributed by atoms with E-state index >= 15 is 0 Å². The van der Waals surface area contributed by atoms with Gasteiger partial charge in [-0.2, -0.15) is 0 Å². The number of hydrogen-bond donors (Lipinski definition) is 1. The number of amides is 2. The first-order valence-corrected chi connectivity index (χ1v) is 12.0. The quantitative estimate of drug-likeness (QED) is 0.658. The number of anilines is 1. The minimum Gasteiger partial charge on any atom is -0.495 e. The van der Waals surface area contributed by atoms with Gasteiger partial charge in [-0.25, -0.2) is 8.42 Å². The Morgan fingerprint density at radius 2 is 1.74 bits per heavy atom. The average Bonchev–Trinajstić information content (AvgIpc) is 2.98. The standard InChI is InChI=1S/C22H23ClN2O5S/c1-30-19-10-9-14(13-25-21(26)17-7-2-3-8-18(17)22(25)27)11-20(19)31(28,29)24-16-6-4-5-15(23)12-16/h4-6,9-12,17-18,24H,2-3,7-8,13H2,1H3/t17-,18+. The predicted octanol–water partition coefficient (Wildman–Crippen LogP) is 3.82. The van der Waals surface area contributed by atoms with Crippen molar-refractivity contribution in [1.82, 2.24) is 4.90 Å². The van der Waals surface area contributed by atoms with Crippen molar-refractivity contribution in [3.8, 4) is 5.75 Å². The third kappa shape index (κ3) is 4.27. The number of ether oxygens (including phenoxy) is 1. The first-order chi connectivity index (χ1) is 14.8. The monoisotopic (exact) mass is 462 g/mol. The molecule has 2 aromatic carbocycles. The highest BCUT2D eigenvalue weighted by Crippen LogP contribution is 2.39. The van der Waals surface area contributed by atoms with Crippen LogP contribution in [0.3, 0.4) is 0 Å². The minimum atomic E-state index is -4.00. The van der Waals surface area contributed by atoms with Crippen molar-refractivity contribution in [2.24, 2.45) is 11.8 Å². The van der Waals surface area contributed by atoms with Gasteiger partial charge in [0, 0.05) is 5.02 Å². The van der Waals surface area contributed by atoms with Crippen LogP contribution in [0.5, 0.6) is 5.75 Å². The fourth-order valence-corrected chi connectivity index (χ4v) is 5.82. The Balaban J connectivity index is 1.62. The van der Waals surface area contributed by atoms with E-state index in [0.717, 1.165) is 25.7 Å². The van der Waals surface area contributed by atoms with E-state index < -0.39 is 10.0 Å². The predicted molar refractivity (Wildman–Crippen MR) is 116 cm³/mol. The highest BCUT2D eigenvalue weighted by atomic mass is 35.5. The molecule has 2 fully saturated rings. The molecule has 0 bridgehead atoms. The van der Waals surface area contributed by atoms with Crippen LogP contribution in [0.2, 0.25) is 5.02 Å². The lowest BCUT2D eigenvalue weighted by atomic mass is 9.81. The largest absolute Gasteiger partial charge is 0.495 e. The van der Waals surface area contributed by atoms with Gasteiger partial charge in [-0.15, -0.1) is 0 Å². The molecule has 1 N–H and O–H groups in total. The third-order valence-electron chi connectivity index (χ3n) is 5.87. The average molecular weight is 463 g/mol. The maximum absolute atomic E-state index is 13.0. The van der Waals surface area contributed by atoms with Gasteiger partial charge in [-0.1, -0.05) is 36.6 Å². The molecule has 31 heavy (non-hydrogen) atoms. The van der Waals surface area contributed by atoms with Crippen LogP contribution >= 0.6 is 11.6 Å². The van der Waals surface area contributed by atoms with Gasteiger partial charge in [0.05, 0.1) is 31.2 Å². The van der Waals surface area contributed by atoms with E-state index in [-0.39, 0.29) is 40.8 Å². The molecule has 4 rings (SSSR count). The molecule has 0 radical (unpaired) electrons. The summed E-state index contributed by atoms with van der Waals surface area (Å²) in [6.45, 7) is 0.0361. The van der Waals surface area contributed by atoms with E-state index in [1.807, 2.05) is 0 Å². The van der Waals surface area contributed by atoms with Gasteiger partial charge in [0.2, 0.25) is 11.8 Å². The molecule has 0 unspecified atom stereocenters. The Morgan fingerprint density at radius 3 is 2.35 bits per heavy atom. The minimum absolute atomic E-state index is 0.0361. The van der Waals surface area contributed by atoms with E-state index in [9.17, 15) is 18.0 Å². The maximum Gasteiger partial charge on any atom is 0.265 e. The maximum atomic E-state index is 13.0. The Hall–Kier alpha value is -2.58. The Labute approximate surface area is 186 Å². The van der Waals surface area contributed by atoms with Gasteiger partial charge in [-0.05, 0) is 48.7 Å². The molecule has 1 saturated heterocycles. The fourth-order valence-electron chi connectivity index (χ4n) is 4.36. The Kier molecular flexibility index (Phi) is 5.94. The lowest BCUT2D eigenvalue weighted by Gasteiger charge is -2.19. The van der Waals surface area contributed by atoms with Crippen LogP contribution in [0.1, 0.15) is 31.2 Å². The van der Waals surface area contributed by atoms with Gasteiger partial charge in [0.25, 0.3) is 10.0 Å². The van der Waals surface area contributed by atoms with E-state index in [0.29, 0.717) is 16.3 Å². The van der Waals surface area contributed by atoms with Gasteiger partial charge in [0.1, 0.15) is 10.6 Å². The number of rotatable bonds is 6. The second kappa shape index (κ2) is 8.51. The highest BCUT2D eigenvalue weighted by Gasteiger charge is 2.47. The molecule has 2 aromatic rings. The topological polar surface area (TPSA) is 92.8 Å². The highest BCUT2D eigenvalue weighted by molar-refractivity contribution is 7.92. The number of hydrogen-bond acceptors (Lipinski definition) is 5. The number of halogens is 1. The summed E-state index contributed by atoms with van der Waals surface area (Å²) in [5.74, 6) is -0.649. The van der Waals surface area contributed by atoms with Crippen LogP contribution in [-0.2, 0) is 26.2 Å². The van der Waals surface area contributed by atoms with E-state index in [2.05, 4.69) is 4.72 Å². The zero-order chi connectivity index (χ0) is 22.2. The molecule has 9 heteroatoms. The normalized spacial score (nSPS) is 21.2. The molecule has 2 aliphatic rings. The molecular formula is C22H23ClN2O5S. The van der Waals surface area contributed by atoms with E-state index in [1.165, 1.54) is 30.2 Å². The van der Waals surface area contributed by atoms with Gasteiger partial charge >= 0.3 is 0 Å². The van der Waals surface area contributed by atoms with Crippen LogP contribution in [-0.4, -0.2) is 32.2 Å². The molecule has 7 nitrogen and oxygen atoms in total. The van der Waals surface area contributed by atoms with Crippen LogP contribution in [0.4, 0.5) is 5.69 Å². The Bertz CT molecular complexity index is 1110. The van der Waals surface area contributed by atoms with Crippen LogP contribution in [0.25, 0.3) is 0 Å². The lowest BCUT2D eigenvalue weighted by molar-refractivity contribution is -0.140. The summed E-state index contributed by atoms with van der Waals surface area (Å²) < 4.78 is 33.8. The Morgan fingerprint density at radius 1 is 1.06 bits per heavy atom. The summed E-state index contributed by atoms with van der Waals surface area (Å²) in [5.41, 5.74) is 0.849. The summed E-state index contributed by atoms with van der Waals surface area (Å²) in [4.78, 5) is 26.7. The van der Waals surface area contributed by atoms with Crippen LogP contribution < -0.4 is 9.46 Å². The second-order valence-electron chi connectivity index (χ2n) is 7.86. The number of methoxy groups -OCH3 is 1. The molecule has 1 aliphatic heterocycles. The molecule has 1 aliphatic carbocycles. The molecule has 0 aromatic heterocycles. The number of nitrogens with one attached hydrogen (secondary N) is 1. The van der Waals surface area contributed by atoms with Crippen molar-refractivity contribution < 1.29 is 22.7 Å². The molecule has 1 saturated carbocycles. The number of carbonyl (C=O) groups excluding carboxylic acids is 2. The number of nitrogens with zero attached hydrogens (tertiary/aromatic N) is 1. The van der Waals surface area contributed by atoms with Crippen LogP contribution in [0, 0.1) is 11.8 Å². The van der Waals surface area contributed by atoms with Crippen molar-refractivity contribution in [3.63, 3.8) is 0 Å². The molecule has 1 heterocycles. The SMILES string of the molecule is COc1ccc(CN2C(=O)[C@H]3CCCC[C@H]3C2=O)cc1S(=O)(=O)Nc1cccc(Cl)c1. The molecule has 164 valence electrons. The lowest BCUT2D eigenvalue weighted by Crippen LogP contribution is -2.30. The summed E-state index contributed by atoms with van der Waals surface area (Å²) in [6, 6.07) is 11.0. The van der Waals surface area contributed by atoms with E-state index in [4.69, 9.17) is 16.3 Å². The number of benzene rings is 2. The van der Waals surface area contributed by atoms with Gasteiger partial charge in [-0.3, -0.25) is 19.2 Å². The third-order valence-corrected chi connectivity index (χ3v) is 7.51. The summed E-state index contributed by atoms with van der Waals surface area (Å²) in [5, 5.41) is 0.397. The van der Waals surface area contributed by atoms with Crippen molar-refractivity contribution >= 4 is 39.1 Å². The van der Waals surface area contributed by atoms with Gasteiger partial charge < -0.3 is 4.74 Å². The van der Waals surface area contributed by atoms with Crippen LogP contribution in [0.15, 0.2) is 47.4 Å². The molecular weight excluding hydrogens is 440 g/mol. The van der Waals surface area contributed by atoms with Gasteiger partial charge in [0.15, 0.2) is 0 Å². The fraction of sp³-hybridized carbons (Fsp3) is 0.364. The molecule has 0 spiro atoms. The second-order valence-corrected chi connectivity index (χ2v) is 9.95. The van der Waals surface area contributed by atoms with Crippen molar-refractivity contribution in [2.75, 3.05) is 11.8 Å². The van der Waals surface area contributed by atoms with Crippen molar-refractivity contribution in [3.05, 3.63) is 53.1 Å². The zero-order valence-electron chi connectivity index (χ0n) is 17.0. The number of carbonyl (C=O) groups is 2.